The Labute approximate surface area is 117 Å². The van der Waals surface area contributed by atoms with E-state index in [0.717, 1.165) is 24.9 Å². The maximum absolute atomic E-state index is 14.0. The summed E-state index contributed by atoms with van der Waals surface area (Å²) in [4.78, 5) is 0. The zero-order valence-corrected chi connectivity index (χ0v) is 12.2. The minimum absolute atomic E-state index is 0.106. The first kappa shape index (κ1) is 14.2. The van der Waals surface area contributed by atoms with E-state index in [4.69, 9.17) is 11.6 Å². The number of halogens is 2. The molecule has 2 rings (SSSR count). The van der Waals surface area contributed by atoms with Gasteiger partial charge in [-0.3, -0.25) is 0 Å². The van der Waals surface area contributed by atoms with Gasteiger partial charge in [0, 0.05) is 21.9 Å². The van der Waals surface area contributed by atoms with Gasteiger partial charge in [0.1, 0.15) is 5.82 Å². The van der Waals surface area contributed by atoms with Crippen LogP contribution in [-0.2, 0) is 0 Å². The fourth-order valence-corrected chi connectivity index (χ4v) is 3.92. The van der Waals surface area contributed by atoms with Gasteiger partial charge in [-0.05, 0) is 43.7 Å². The number of thioether (sulfide) groups is 1. The minimum Gasteiger partial charge on any atom is -0.309 e. The molecule has 0 bridgehead atoms. The lowest BCUT2D eigenvalue weighted by molar-refractivity contribution is 0.478. The van der Waals surface area contributed by atoms with E-state index in [1.807, 2.05) is 17.8 Å². The Hall–Kier alpha value is -0.250. The highest BCUT2D eigenvalue weighted by molar-refractivity contribution is 8.00. The molecule has 1 fully saturated rings. The summed E-state index contributed by atoms with van der Waals surface area (Å²) in [6.07, 6.45) is 3.45. The van der Waals surface area contributed by atoms with Crippen molar-refractivity contribution in [2.45, 2.75) is 37.5 Å². The summed E-state index contributed by atoms with van der Waals surface area (Å²) in [5.74, 6) is 0.994. The Bertz CT molecular complexity index is 393. The van der Waals surface area contributed by atoms with Gasteiger partial charge in [-0.2, -0.15) is 11.8 Å². The van der Waals surface area contributed by atoms with Crippen molar-refractivity contribution in [3.8, 4) is 0 Å². The van der Waals surface area contributed by atoms with E-state index in [1.54, 1.807) is 6.07 Å². The molecular weight excluding hydrogens is 269 g/mol. The molecule has 4 heteroatoms. The third-order valence-electron chi connectivity index (χ3n) is 3.25. The molecule has 1 N–H and O–H groups in total. The van der Waals surface area contributed by atoms with Crippen LogP contribution in [0.3, 0.4) is 0 Å². The molecule has 2 atom stereocenters. The molecule has 0 aromatic heterocycles. The lowest BCUT2D eigenvalue weighted by Gasteiger charge is -2.25. The van der Waals surface area contributed by atoms with Gasteiger partial charge in [0.05, 0.1) is 0 Å². The van der Waals surface area contributed by atoms with Gasteiger partial charge < -0.3 is 5.32 Å². The zero-order valence-electron chi connectivity index (χ0n) is 10.6. The third kappa shape index (κ3) is 3.40. The van der Waals surface area contributed by atoms with Gasteiger partial charge in [0.2, 0.25) is 0 Å². The number of hydrogen-bond donors (Lipinski definition) is 1. The molecule has 1 aromatic rings. The van der Waals surface area contributed by atoms with E-state index in [1.165, 1.54) is 18.2 Å². The summed E-state index contributed by atoms with van der Waals surface area (Å²) in [6.45, 7) is 3.05. The Kier molecular flexibility index (Phi) is 5.34. The molecule has 1 saturated heterocycles. The first-order valence-electron chi connectivity index (χ1n) is 6.52. The lowest BCUT2D eigenvalue weighted by atomic mass is 10.00. The fourth-order valence-electron chi connectivity index (χ4n) is 2.36. The van der Waals surface area contributed by atoms with Crippen molar-refractivity contribution in [1.82, 2.24) is 5.32 Å². The molecule has 1 aliphatic rings. The Balaban J connectivity index is 2.20. The van der Waals surface area contributed by atoms with Crippen LogP contribution in [-0.4, -0.2) is 17.5 Å². The summed E-state index contributed by atoms with van der Waals surface area (Å²) >= 11 is 7.77. The zero-order chi connectivity index (χ0) is 13.0. The number of rotatable bonds is 5. The van der Waals surface area contributed by atoms with Crippen molar-refractivity contribution < 1.29 is 4.39 Å². The first-order valence-corrected chi connectivity index (χ1v) is 7.95. The van der Waals surface area contributed by atoms with Crippen molar-refractivity contribution in [2.24, 2.45) is 0 Å². The van der Waals surface area contributed by atoms with Crippen LogP contribution in [0.25, 0.3) is 0 Å². The molecule has 0 amide bonds. The summed E-state index contributed by atoms with van der Waals surface area (Å²) in [6, 6.07) is 5.12. The van der Waals surface area contributed by atoms with E-state index in [2.05, 4.69) is 12.2 Å². The summed E-state index contributed by atoms with van der Waals surface area (Å²) < 4.78 is 14.0. The van der Waals surface area contributed by atoms with Crippen molar-refractivity contribution in [2.75, 3.05) is 12.3 Å². The van der Waals surface area contributed by atoms with Crippen LogP contribution in [0.4, 0.5) is 4.39 Å². The number of benzene rings is 1. The largest absolute Gasteiger partial charge is 0.309 e. The molecule has 2 unspecified atom stereocenters. The second kappa shape index (κ2) is 6.78. The second-order valence-electron chi connectivity index (χ2n) is 4.65. The number of hydrogen-bond acceptors (Lipinski definition) is 2. The smallest absolute Gasteiger partial charge is 0.129 e. The van der Waals surface area contributed by atoms with Crippen LogP contribution in [0, 0.1) is 5.82 Å². The van der Waals surface area contributed by atoms with Gasteiger partial charge in [0.25, 0.3) is 0 Å². The molecule has 1 heterocycles. The molecule has 18 heavy (non-hydrogen) atoms. The fraction of sp³-hybridized carbons (Fsp3) is 0.571. The molecule has 0 saturated carbocycles. The Morgan fingerprint density at radius 1 is 1.56 bits per heavy atom. The van der Waals surface area contributed by atoms with Gasteiger partial charge in [-0.15, -0.1) is 0 Å². The van der Waals surface area contributed by atoms with Crippen molar-refractivity contribution in [3.05, 3.63) is 34.6 Å². The van der Waals surface area contributed by atoms with Crippen LogP contribution in [0.5, 0.6) is 0 Å². The predicted molar refractivity (Wildman–Crippen MR) is 77.9 cm³/mol. The maximum atomic E-state index is 14.0. The topological polar surface area (TPSA) is 12.0 Å². The van der Waals surface area contributed by atoms with Crippen LogP contribution in [0.2, 0.25) is 5.02 Å². The van der Waals surface area contributed by atoms with Crippen molar-refractivity contribution in [1.29, 1.82) is 0 Å². The highest BCUT2D eigenvalue weighted by Crippen LogP contribution is 2.37. The predicted octanol–water partition coefficient (Wildman–Crippen LogP) is 4.42. The summed E-state index contributed by atoms with van der Waals surface area (Å²) in [5, 5.41) is 4.43. The number of nitrogens with one attached hydrogen (secondary N) is 1. The van der Waals surface area contributed by atoms with Gasteiger partial charge in [-0.1, -0.05) is 24.6 Å². The monoisotopic (exact) mass is 287 g/mol. The van der Waals surface area contributed by atoms with Crippen LogP contribution in [0.1, 0.15) is 37.8 Å². The molecule has 1 aromatic carbocycles. The lowest BCUT2D eigenvalue weighted by Crippen LogP contribution is -2.30. The second-order valence-corrected chi connectivity index (χ2v) is 6.43. The average Bonchev–Trinajstić information content (AvgIpc) is 2.85. The summed E-state index contributed by atoms with van der Waals surface area (Å²) in [7, 11) is 0. The molecule has 0 aliphatic carbocycles. The van der Waals surface area contributed by atoms with E-state index < -0.39 is 0 Å². The average molecular weight is 288 g/mol. The van der Waals surface area contributed by atoms with Gasteiger partial charge in [-0.25, -0.2) is 4.39 Å². The van der Waals surface area contributed by atoms with Crippen molar-refractivity contribution >= 4 is 23.4 Å². The van der Waals surface area contributed by atoms with Crippen LogP contribution >= 0.6 is 23.4 Å². The molecule has 0 radical (unpaired) electrons. The highest BCUT2D eigenvalue weighted by Gasteiger charge is 2.28. The molecule has 0 spiro atoms. The quantitative estimate of drug-likeness (QED) is 0.860. The first-order chi connectivity index (χ1) is 8.72. The maximum Gasteiger partial charge on any atom is 0.129 e. The Morgan fingerprint density at radius 2 is 2.39 bits per heavy atom. The van der Waals surface area contributed by atoms with Crippen molar-refractivity contribution in [3.63, 3.8) is 0 Å². The van der Waals surface area contributed by atoms with E-state index >= 15 is 0 Å². The Morgan fingerprint density at radius 3 is 3.00 bits per heavy atom. The van der Waals surface area contributed by atoms with Gasteiger partial charge in [0.15, 0.2) is 0 Å². The van der Waals surface area contributed by atoms with Gasteiger partial charge >= 0.3 is 0 Å². The minimum atomic E-state index is -0.191. The SMILES string of the molecule is CCCNC(c1ccc(Cl)cc1F)C1CCCS1. The normalized spacial score (nSPS) is 21.2. The van der Waals surface area contributed by atoms with E-state index in [-0.39, 0.29) is 11.9 Å². The summed E-state index contributed by atoms with van der Waals surface area (Å²) in [5.41, 5.74) is 0.757. The van der Waals surface area contributed by atoms with E-state index in [0.29, 0.717) is 10.3 Å². The third-order valence-corrected chi connectivity index (χ3v) is 4.94. The van der Waals surface area contributed by atoms with E-state index in [9.17, 15) is 4.39 Å². The molecule has 1 nitrogen and oxygen atoms in total. The van der Waals surface area contributed by atoms with Crippen LogP contribution < -0.4 is 5.32 Å². The van der Waals surface area contributed by atoms with Crippen LogP contribution in [0.15, 0.2) is 18.2 Å². The molecular formula is C14H19ClFNS. The highest BCUT2D eigenvalue weighted by atomic mass is 35.5. The standard InChI is InChI=1S/C14H19ClFNS/c1-2-7-17-14(13-4-3-8-18-13)11-6-5-10(15)9-12(11)16/h5-6,9,13-14,17H,2-4,7-8H2,1H3. The molecule has 100 valence electrons. The molecule has 1 aliphatic heterocycles.